The van der Waals surface area contributed by atoms with Crippen molar-refractivity contribution >= 4 is 22.8 Å². The molecule has 18 heavy (non-hydrogen) atoms. The average Bonchev–Trinajstić information content (AvgIpc) is 1.93. The van der Waals surface area contributed by atoms with Gasteiger partial charge in [-0.05, 0) is 13.3 Å². The van der Waals surface area contributed by atoms with Gasteiger partial charge in [-0.1, -0.05) is 11.6 Å². The molecule has 0 unspecified atom stereocenters. The molecule has 0 radical (unpaired) electrons. The van der Waals surface area contributed by atoms with E-state index in [1.165, 1.54) is 0 Å². The largest absolute Gasteiger partial charge is 0.344 e. The van der Waals surface area contributed by atoms with Gasteiger partial charge < -0.3 is 29.4 Å². The predicted octanol–water partition coefficient (Wildman–Crippen LogP) is 0.182. The molecule has 0 fully saturated rings. The van der Waals surface area contributed by atoms with Crippen LogP contribution in [-0.4, -0.2) is 40.9 Å². The van der Waals surface area contributed by atoms with E-state index in [2.05, 4.69) is 0 Å². The van der Waals surface area contributed by atoms with Gasteiger partial charge >= 0.3 is 22.8 Å². The summed E-state index contributed by atoms with van der Waals surface area (Å²) in [7, 11) is -14.4. The summed E-state index contributed by atoms with van der Waals surface area (Å²) < 4.78 is 32.5. The van der Waals surface area contributed by atoms with Gasteiger partial charge in [-0.15, -0.1) is 0 Å². The van der Waals surface area contributed by atoms with Crippen LogP contribution in [0.3, 0.4) is 0 Å². The summed E-state index contributed by atoms with van der Waals surface area (Å²) in [6, 6.07) is 0. The van der Waals surface area contributed by atoms with Gasteiger partial charge in [0.2, 0.25) is 0 Å². The Morgan fingerprint density at radius 1 is 1.00 bits per heavy atom. The molecule has 0 aliphatic rings. The monoisotopic (exact) mass is 324 g/mol. The second-order valence-corrected chi connectivity index (χ2v) is 9.25. The first-order chi connectivity index (χ1) is 7.75. The number of hydrogen-bond acceptors (Lipinski definition) is 3. The predicted molar refractivity (Wildman–Crippen MR) is 63.2 cm³/mol. The summed E-state index contributed by atoms with van der Waals surface area (Å²) in [5, 5.41) is -2.28. The summed E-state index contributed by atoms with van der Waals surface area (Å²) >= 11 is 0. The third-order valence-electron chi connectivity index (χ3n) is 1.93. The number of rotatable bonds is 6. The van der Waals surface area contributed by atoms with Crippen LogP contribution in [-0.2, 0) is 13.7 Å². The summed E-state index contributed by atoms with van der Waals surface area (Å²) in [6.45, 7) is 1.09. The minimum Gasteiger partial charge on any atom is -0.324 e. The maximum absolute atomic E-state index is 11.0. The Balaban J connectivity index is 5.07. The van der Waals surface area contributed by atoms with Crippen molar-refractivity contribution in [2.45, 2.75) is 18.7 Å². The van der Waals surface area contributed by atoms with E-state index in [1.54, 1.807) is 0 Å². The minimum absolute atomic E-state index is 0.243. The Bertz CT molecular complexity index is 429. The van der Waals surface area contributed by atoms with Crippen molar-refractivity contribution in [2.24, 2.45) is 0 Å². The lowest BCUT2D eigenvalue weighted by molar-refractivity contribution is 0.344. The zero-order chi connectivity index (χ0) is 14.8. The lowest BCUT2D eigenvalue weighted by Crippen LogP contribution is -2.11. The Kier molecular flexibility index (Phi) is 6.16. The summed E-state index contributed by atoms with van der Waals surface area (Å²) in [6.07, 6.45) is 0.188. The first-order valence-corrected chi connectivity index (χ1v) is 9.73. The molecule has 6 N–H and O–H groups in total. The standard InChI is InChI=1S/C6H15O9P3/c1-5(3-2-4-16(7,8)9)6(17(10,11)12)18(13,14)15/h3,6H,2,4H2,1H3,(H2,7,8,9)(H2,10,11,12)(H2,13,14,15). The van der Waals surface area contributed by atoms with E-state index in [-0.39, 0.29) is 12.0 Å². The topological polar surface area (TPSA) is 173 Å². The van der Waals surface area contributed by atoms with Gasteiger partial charge in [-0.2, -0.15) is 0 Å². The lowest BCUT2D eigenvalue weighted by Gasteiger charge is -2.20. The molecular weight excluding hydrogens is 309 g/mol. The second kappa shape index (κ2) is 6.09. The normalized spacial score (nSPS) is 15.2. The molecule has 12 heteroatoms. The molecule has 9 nitrogen and oxygen atoms in total. The van der Waals surface area contributed by atoms with Crippen LogP contribution in [0.4, 0.5) is 0 Å². The maximum atomic E-state index is 11.0. The van der Waals surface area contributed by atoms with Crippen molar-refractivity contribution in [2.75, 3.05) is 6.16 Å². The fourth-order valence-corrected chi connectivity index (χ4v) is 4.60. The van der Waals surface area contributed by atoms with Crippen LogP contribution in [0.2, 0.25) is 0 Å². The Morgan fingerprint density at radius 3 is 1.67 bits per heavy atom. The Labute approximate surface area is 103 Å². The van der Waals surface area contributed by atoms with Crippen LogP contribution in [0.15, 0.2) is 11.6 Å². The van der Waals surface area contributed by atoms with Crippen molar-refractivity contribution in [1.82, 2.24) is 0 Å². The van der Waals surface area contributed by atoms with Gasteiger partial charge in [0.15, 0.2) is 5.40 Å². The van der Waals surface area contributed by atoms with E-state index in [4.69, 9.17) is 29.4 Å². The second-order valence-electron chi connectivity index (χ2n) is 3.68. The van der Waals surface area contributed by atoms with E-state index in [1.807, 2.05) is 0 Å². The molecule has 0 aromatic rings. The van der Waals surface area contributed by atoms with Gasteiger partial charge in [0.1, 0.15) is 0 Å². The van der Waals surface area contributed by atoms with Crippen LogP contribution in [0.25, 0.3) is 0 Å². The lowest BCUT2D eigenvalue weighted by atomic mass is 10.3. The third-order valence-corrected chi connectivity index (χ3v) is 6.67. The van der Waals surface area contributed by atoms with E-state index < -0.39 is 34.3 Å². The average molecular weight is 324 g/mol. The fourth-order valence-electron chi connectivity index (χ4n) is 1.29. The van der Waals surface area contributed by atoms with Crippen LogP contribution in [0.5, 0.6) is 0 Å². The summed E-state index contributed by atoms with van der Waals surface area (Å²) in [5.74, 6) is 0. The van der Waals surface area contributed by atoms with Crippen molar-refractivity contribution in [3.05, 3.63) is 11.6 Å². The highest BCUT2D eigenvalue weighted by molar-refractivity contribution is 7.71. The van der Waals surface area contributed by atoms with Gasteiger partial charge in [-0.3, -0.25) is 13.7 Å². The molecule has 0 amide bonds. The highest BCUT2D eigenvalue weighted by atomic mass is 31.2. The van der Waals surface area contributed by atoms with Crippen molar-refractivity contribution < 1.29 is 43.1 Å². The van der Waals surface area contributed by atoms with Crippen molar-refractivity contribution in [3.8, 4) is 0 Å². The molecule has 0 spiro atoms. The highest BCUT2D eigenvalue weighted by Gasteiger charge is 2.44. The van der Waals surface area contributed by atoms with Crippen LogP contribution in [0, 0.1) is 0 Å². The first-order valence-electron chi connectivity index (χ1n) is 4.57. The van der Waals surface area contributed by atoms with Crippen LogP contribution in [0.1, 0.15) is 13.3 Å². The van der Waals surface area contributed by atoms with Gasteiger partial charge in [0, 0.05) is 0 Å². The Morgan fingerprint density at radius 2 is 1.39 bits per heavy atom. The molecule has 0 saturated carbocycles. The van der Waals surface area contributed by atoms with Gasteiger partial charge in [0.05, 0.1) is 6.16 Å². The first kappa shape index (κ1) is 18.2. The minimum atomic E-state index is -5.06. The molecule has 108 valence electrons. The zero-order valence-electron chi connectivity index (χ0n) is 9.32. The number of hydrogen-bond donors (Lipinski definition) is 6. The maximum Gasteiger partial charge on any atom is 0.344 e. The van der Waals surface area contributed by atoms with Crippen LogP contribution >= 0.6 is 22.8 Å². The number of allylic oxidation sites excluding steroid dienone is 2. The smallest absolute Gasteiger partial charge is 0.324 e. The molecule has 0 aliphatic carbocycles. The summed E-state index contributed by atoms with van der Waals surface area (Å²) in [5.41, 5.74) is -0.301. The van der Waals surface area contributed by atoms with E-state index in [0.29, 0.717) is 0 Å². The summed E-state index contributed by atoms with van der Waals surface area (Å²) in [4.78, 5) is 52.6. The van der Waals surface area contributed by atoms with E-state index in [9.17, 15) is 13.7 Å². The van der Waals surface area contributed by atoms with Crippen LogP contribution < -0.4 is 0 Å². The Hall–Kier alpha value is 0.190. The molecule has 0 rings (SSSR count). The van der Waals surface area contributed by atoms with E-state index >= 15 is 0 Å². The molecule has 0 saturated heterocycles. The van der Waals surface area contributed by atoms with E-state index in [0.717, 1.165) is 13.0 Å². The fraction of sp³-hybridized carbons (Fsp3) is 0.667. The van der Waals surface area contributed by atoms with Crippen molar-refractivity contribution in [3.63, 3.8) is 0 Å². The van der Waals surface area contributed by atoms with Gasteiger partial charge in [-0.25, -0.2) is 0 Å². The molecule has 0 bridgehead atoms. The third kappa shape index (κ3) is 6.95. The zero-order valence-corrected chi connectivity index (χ0v) is 12.0. The van der Waals surface area contributed by atoms with Crippen molar-refractivity contribution in [1.29, 1.82) is 0 Å². The van der Waals surface area contributed by atoms with Gasteiger partial charge in [0.25, 0.3) is 0 Å². The SMILES string of the molecule is CC(=CCCP(=O)(O)O)C(P(=O)(O)O)P(=O)(O)O. The molecule has 0 heterocycles. The molecule has 0 atom stereocenters. The quantitative estimate of drug-likeness (QED) is 0.294. The molecule has 0 aromatic carbocycles. The highest BCUT2D eigenvalue weighted by Crippen LogP contribution is 2.62. The molecule has 0 aliphatic heterocycles. The molecule has 0 aromatic heterocycles. The molecular formula is C6H15O9P3.